The number of fused-ring (bicyclic) bond motifs is 1. The molecule has 140 valence electrons. The molecule has 2 aromatic rings. The van der Waals surface area contributed by atoms with Gasteiger partial charge in [-0.2, -0.15) is 0 Å². The van der Waals surface area contributed by atoms with E-state index >= 15 is 0 Å². The van der Waals surface area contributed by atoms with E-state index in [1.165, 1.54) is 0 Å². The fourth-order valence-corrected chi connectivity index (χ4v) is 5.66. The topological polar surface area (TPSA) is 88.4 Å². The van der Waals surface area contributed by atoms with Crippen LogP contribution in [-0.2, 0) is 9.73 Å². The summed E-state index contributed by atoms with van der Waals surface area (Å²) in [6.07, 6.45) is 5.25. The molecular formula is C18H24N4O3S. The van der Waals surface area contributed by atoms with Crippen molar-refractivity contribution in [2.45, 2.75) is 12.8 Å². The van der Waals surface area contributed by atoms with Gasteiger partial charge in [0.05, 0.1) is 19.7 Å². The smallest absolute Gasteiger partial charge is 0.162 e. The number of methoxy groups -OCH3 is 2. The summed E-state index contributed by atoms with van der Waals surface area (Å²) in [5, 5.41) is 0.957. The number of nitrogens with one attached hydrogen (secondary N) is 1. The normalized spacial score (nSPS) is 21.1. The molecule has 1 aromatic carbocycles. The summed E-state index contributed by atoms with van der Waals surface area (Å²) in [6.45, 7) is 1.90. The Morgan fingerprint density at radius 2 is 1.88 bits per heavy atom. The van der Waals surface area contributed by atoms with Crippen molar-refractivity contribution >= 4 is 26.4 Å². The first-order valence-electron chi connectivity index (χ1n) is 8.66. The van der Waals surface area contributed by atoms with E-state index < -0.39 is 9.73 Å². The molecule has 1 N–H and O–H groups in total. The molecule has 1 spiro atoms. The van der Waals surface area contributed by atoms with Crippen LogP contribution in [0.4, 0.5) is 5.82 Å². The van der Waals surface area contributed by atoms with Gasteiger partial charge in [0.2, 0.25) is 0 Å². The Labute approximate surface area is 153 Å². The van der Waals surface area contributed by atoms with Crippen LogP contribution in [0.15, 0.2) is 18.5 Å². The van der Waals surface area contributed by atoms with Gasteiger partial charge in [0, 0.05) is 51.7 Å². The average Bonchev–Trinajstić information content (AvgIpc) is 2.53. The molecule has 1 aliphatic carbocycles. The van der Waals surface area contributed by atoms with Crippen molar-refractivity contribution in [3.05, 3.63) is 18.5 Å². The molecule has 1 aromatic heterocycles. The van der Waals surface area contributed by atoms with Crippen LogP contribution in [-0.4, -0.2) is 53.5 Å². The highest BCUT2D eigenvalue weighted by atomic mass is 32.2. The van der Waals surface area contributed by atoms with Gasteiger partial charge < -0.3 is 14.4 Å². The van der Waals surface area contributed by atoms with E-state index in [0.717, 1.165) is 42.7 Å². The van der Waals surface area contributed by atoms with Gasteiger partial charge in [0.25, 0.3) is 0 Å². The number of ether oxygens (including phenoxy) is 2. The first kappa shape index (κ1) is 17.3. The summed E-state index contributed by atoms with van der Waals surface area (Å²) in [5.41, 5.74) is 1.14. The second kappa shape index (κ2) is 5.97. The first-order chi connectivity index (χ1) is 12.3. The summed E-state index contributed by atoms with van der Waals surface area (Å²) < 4.78 is 30.1. The molecule has 1 saturated carbocycles. The van der Waals surface area contributed by atoms with Crippen LogP contribution in [0.3, 0.4) is 0 Å². The highest BCUT2D eigenvalue weighted by Gasteiger charge is 2.53. The standard InChI is InChI=1S/C18H24N4O3S/c1-24-15-4-13-14(5-16(15)25-2)20-11-21-17(13)22-9-18(10-22)6-12(7-18)8-26(3,19)23/h4-5,11-12,19H,6-10H2,1-3H3/t26-/m1/s1. The molecular weight excluding hydrogens is 352 g/mol. The third kappa shape index (κ3) is 2.96. The van der Waals surface area contributed by atoms with Crippen molar-refractivity contribution in [3.63, 3.8) is 0 Å². The Bertz CT molecular complexity index is 946. The quantitative estimate of drug-likeness (QED) is 0.863. The van der Waals surface area contributed by atoms with Crippen LogP contribution in [0.5, 0.6) is 11.5 Å². The average molecular weight is 376 g/mol. The van der Waals surface area contributed by atoms with Crippen LogP contribution in [0.25, 0.3) is 10.9 Å². The van der Waals surface area contributed by atoms with Gasteiger partial charge in [0.15, 0.2) is 11.5 Å². The maximum Gasteiger partial charge on any atom is 0.162 e. The van der Waals surface area contributed by atoms with Crippen molar-refractivity contribution in [3.8, 4) is 11.5 Å². The molecule has 1 saturated heterocycles. The number of anilines is 1. The summed E-state index contributed by atoms with van der Waals surface area (Å²) >= 11 is 0. The van der Waals surface area contributed by atoms with Gasteiger partial charge in [-0.3, -0.25) is 8.99 Å². The Kier molecular flexibility index (Phi) is 3.98. The van der Waals surface area contributed by atoms with Crippen molar-refractivity contribution in [2.24, 2.45) is 11.3 Å². The largest absolute Gasteiger partial charge is 0.493 e. The van der Waals surface area contributed by atoms with E-state index in [1.54, 1.807) is 26.8 Å². The van der Waals surface area contributed by atoms with Crippen LogP contribution in [0, 0.1) is 16.1 Å². The zero-order valence-corrected chi connectivity index (χ0v) is 16.1. The van der Waals surface area contributed by atoms with E-state index in [1.807, 2.05) is 12.1 Å². The highest BCUT2D eigenvalue weighted by Crippen LogP contribution is 2.53. The maximum absolute atomic E-state index is 11.7. The molecule has 0 amide bonds. The summed E-state index contributed by atoms with van der Waals surface area (Å²) in [6, 6.07) is 3.81. The minimum atomic E-state index is -2.39. The van der Waals surface area contributed by atoms with Gasteiger partial charge in [-0.1, -0.05) is 0 Å². The van der Waals surface area contributed by atoms with Gasteiger partial charge in [-0.15, -0.1) is 0 Å². The monoisotopic (exact) mass is 376 g/mol. The van der Waals surface area contributed by atoms with Gasteiger partial charge >= 0.3 is 0 Å². The Morgan fingerprint density at radius 1 is 1.23 bits per heavy atom. The molecule has 1 atom stereocenters. The van der Waals surface area contributed by atoms with Gasteiger partial charge in [-0.25, -0.2) is 9.97 Å². The van der Waals surface area contributed by atoms with E-state index in [0.29, 0.717) is 28.6 Å². The number of aromatic nitrogens is 2. The Hall–Kier alpha value is -2.09. The lowest BCUT2D eigenvalue weighted by atomic mass is 9.58. The van der Waals surface area contributed by atoms with Crippen molar-refractivity contribution in [1.29, 1.82) is 4.78 Å². The zero-order valence-electron chi connectivity index (χ0n) is 15.3. The van der Waals surface area contributed by atoms with E-state index in [9.17, 15) is 4.21 Å². The number of hydrogen-bond donors (Lipinski definition) is 1. The molecule has 2 aliphatic rings. The third-order valence-electron chi connectivity index (χ3n) is 5.47. The van der Waals surface area contributed by atoms with Crippen molar-refractivity contribution in [2.75, 3.05) is 44.2 Å². The molecule has 2 fully saturated rings. The molecule has 2 heterocycles. The number of benzene rings is 1. The molecule has 0 radical (unpaired) electrons. The minimum absolute atomic E-state index is 0.309. The fourth-order valence-electron chi connectivity index (χ4n) is 4.53. The lowest BCUT2D eigenvalue weighted by molar-refractivity contribution is 0.0353. The van der Waals surface area contributed by atoms with Crippen LogP contribution < -0.4 is 14.4 Å². The second-order valence-electron chi connectivity index (χ2n) is 7.72. The number of hydrogen-bond acceptors (Lipinski definition) is 7. The van der Waals surface area contributed by atoms with Gasteiger partial charge in [0.1, 0.15) is 12.1 Å². The molecule has 7 nitrogen and oxygen atoms in total. The molecule has 8 heteroatoms. The van der Waals surface area contributed by atoms with E-state index in [2.05, 4.69) is 14.9 Å². The molecule has 1 aliphatic heterocycles. The second-order valence-corrected chi connectivity index (χ2v) is 10.1. The van der Waals surface area contributed by atoms with Gasteiger partial charge in [-0.05, 0) is 24.8 Å². The van der Waals surface area contributed by atoms with Crippen molar-refractivity contribution < 1.29 is 13.7 Å². The summed E-state index contributed by atoms with van der Waals surface area (Å²) in [7, 11) is 0.851. The number of rotatable bonds is 5. The van der Waals surface area contributed by atoms with Crippen LogP contribution in [0.2, 0.25) is 0 Å². The molecule has 0 unspecified atom stereocenters. The lowest BCUT2D eigenvalue weighted by Gasteiger charge is -2.59. The predicted molar refractivity (Wildman–Crippen MR) is 102 cm³/mol. The molecule has 0 bridgehead atoms. The van der Waals surface area contributed by atoms with Crippen LogP contribution >= 0.6 is 0 Å². The highest BCUT2D eigenvalue weighted by molar-refractivity contribution is 7.91. The SMILES string of the molecule is COc1cc2ncnc(N3CC4(CC(C[S@](C)(=N)=O)C4)C3)c2cc1OC. The molecule has 4 rings (SSSR count). The van der Waals surface area contributed by atoms with Crippen LogP contribution in [0.1, 0.15) is 12.8 Å². The summed E-state index contributed by atoms with van der Waals surface area (Å²) in [4.78, 5) is 11.1. The first-order valence-corrected chi connectivity index (χ1v) is 10.8. The summed E-state index contributed by atoms with van der Waals surface area (Å²) in [5.74, 6) is 3.21. The fraction of sp³-hybridized carbons (Fsp3) is 0.556. The van der Waals surface area contributed by atoms with Crippen molar-refractivity contribution in [1.82, 2.24) is 9.97 Å². The lowest BCUT2D eigenvalue weighted by Crippen LogP contribution is -2.63. The maximum atomic E-state index is 11.7. The Balaban J connectivity index is 1.53. The Morgan fingerprint density at radius 3 is 2.50 bits per heavy atom. The minimum Gasteiger partial charge on any atom is -0.493 e. The molecule has 26 heavy (non-hydrogen) atoms. The zero-order chi connectivity index (χ0) is 18.5. The predicted octanol–water partition coefficient (Wildman–Crippen LogP) is 2.54. The van der Waals surface area contributed by atoms with E-state index in [-0.39, 0.29) is 0 Å². The number of nitrogens with zero attached hydrogens (tertiary/aromatic N) is 3. The van der Waals surface area contributed by atoms with E-state index in [4.69, 9.17) is 14.3 Å². The third-order valence-corrected chi connectivity index (χ3v) is 6.58.